The molecule has 3 heteroatoms. The van der Waals surface area contributed by atoms with Gasteiger partial charge in [-0.15, -0.1) is 11.3 Å². The molecule has 1 aromatic carbocycles. The highest BCUT2D eigenvalue weighted by atomic mass is 35.5. The highest BCUT2D eigenvalue weighted by molar-refractivity contribution is 7.10. The predicted molar refractivity (Wildman–Crippen MR) is 85.3 cm³/mol. The maximum absolute atomic E-state index is 6.23. The van der Waals surface area contributed by atoms with E-state index in [1.807, 2.05) is 18.5 Å². The van der Waals surface area contributed by atoms with Crippen molar-refractivity contribution in [2.45, 2.75) is 32.2 Å². The average molecular weight is 294 g/mol. The van der Waals surface area contributed by atoms with Crippen LogP contribution in [-0.4, -0.2) is 7.05 Å². The number of rotatable bonds is 6. The number of unbranched alkanes of at least 4 members (excludes halogenated alkanes) is 1. The maximum atomic E-state index is 6.23. The fraction of sp³-hybridized carbons (Fsp3) is 0.375. The number of halogens is 1. The SMILES string of the molecule is CCCCc1ccc(C(NC)c2sccc2Cl)cc1. The molecule has 2 rings (SSSR count). The van der Waals surface area contributed by atoms with E-state index in [0.29, 0.717) is 0 Å². The third-order valence-electron chi connectivity index (χ3n) is 3.33. The minimum Gasteiger partial charge on any atom is -0.309 e. The lowest BCUT2D eigenvalue weighted by Crippen LogP contribution is -2.16. The molecule has 0 fully saturated rings. The molecular weight excluding hydrogens is 274 g/mol. The van der Waals surface area contributed by atoms with Gasteiger partial charge in [0.05, 0.1) is 11.1 Å². The van der Waals surface area contributed by atoms with Crippen molar-refractivity contribution in [3.8, 4) is 0 Å². The second kappa shape index (κ2) is 7.09. The number of benzene rings is 1. The molecule has 1 aromatic heterocycles. The highest BCUT2D eigenvalue weighted by Gasteiger charge is 2.16. The van der Waals surface area contributed by atoms with Crippen LogP contribution < -0.4 is 5.32 Å². The Morgan fingerprint density at radius 2 is 1.95 bits per heavy atom. The van der Waals surface area contributed by atoms with E-state index >= 15 is 0 Å². The summed E-state index contributed by atoms with van der Waals surface area (Å²) in [4.78, 5) is 1.19. The summed E-state index contributed by atoms with van der Waals surface area (Å²) in [7, 11) is 1.98. The fourth-order valence-corrected chi connectivity index (χ4v) is 3.52. The summed E-state index contributed by atoms with van der Waals surface area (Å²) in [5.74, 6) is 0. The molecule has 19 heavy (non-hydrogen) atoms. The van der Waals surface area contributed by atoms with Gasteiger partial charge in [-0.25, -0.2) is 0 Å². The van der Waals surface area contributed by atoms with Crippen molar-refractivity contribution in [2.24, 2.45) is 0 Å². The first-order chi connectivity index (χ1) is 9.26. The van der Waals surface area contributed by atoms with Gasteiger partial charge in [0, 0.05) is 4.88 Å². The molecule has 2 aromatic rings. The summed E-state index contributed by atoms with van der Waals surface area (Å²) in [5.41, 5.74) is 2.69. The van der Waals surface area contributed by atoms with Crippen LogP contribution in [0.15, 0.2) is 35.7 Å². The zero-order valence-corrected chi connectivity index (χ0v) is 13.0. The Bertz CT molecular complexity index is 504. The van der Waals surface area contributed by atoms with Crippen LogP contribution in [-0.2, 0) is 6.42 Å². The Morgan fingerprint density at radius 1 is 1.21 bits per heavy atom. The number of thiophene rings is 1. The van der Waals surface area contributed by atoms with Crippen molar-refractivity contribution in [2.75, 3.05) is 7.05 Å². The molecule has 102 valence electrons. The van der Waals surface area contributed by atoms with Crippen molar-refractivity contribution >= 4 is 22.9 Å². The normalized spacial score (nSPS) is 12.6. The first-order valence-electron chi connectivity index (χ1n) is 6.75. The Hall–Kier alpha value is -0.830. The lowest BCUT2D eigenvalue weighted by atomic mass is 10.0. The molecule has 1 atom stereocenters. The van der Waals surface area contributed by atoms with Crippen LogP contribution in [0, 0.1) is 0 Å². The standard InChI is InChI=1S/C16H20ClNS/c1-3-4-5-12-6-8-13(9-7-12)15(18-2)16-14(17)10-11-19-16/h6-11,15,18H,3-5H2,1-2H3. The van der Waals surface area contributed by atoms with Gasteiger partial charge in [0.1, 0.15) is 0 Å². The van der Waals surface area contributed by atoms with Gasteiger partial charge in [0.2, 0.25) is 0 Å². The van der Waals surface area contributed by atoms with Crippen LogP contribution in [0.2, 0.25) is 5.02 Å². The van der Waals surface area contributed by atoms with E-state index in [4.69, 9.17) is 11.6 Å². The minimum atomic E-state index is 0.188. The van der Waals surface area contributed by atoms with Gasteiger partial charge in [-0.05, 0) is 42.5 Å². The summed E-state index contributed by atoms with van der Waals surface area (Å²) >= 11 is 7.93. The molecular formula is C16H20ClNS. The molecule has 0 aliphatic rings. The molecule has 0 saturated heterocycles. The summed E-state index contributed by atoms with van der Waals surface area (Å²) in [5, 5.41) is 6.24. The summed E-state index contributed by atoms with van der Waals surface area (Å²) < 4.78 is 0. The van der Waals surface area contributed by atoms with Crippen LogP contribution in [0.3, 0.4) is 0 Å². The fourth-order valence-electron chi connectivity index (χ4n) is 2.22. The number of nitrogens with one attached hydrogen (secondary N) is 1. The zero-order valence-electron chi connectivity index (χ0n) is 11.4. The first-order valence-corrected chi connectivity index (χ1v) is 8.01. The van der Waals surface area contributed by atoms with Crippen LogP contribution in [0.25, 0.3) is 0 Å². The van der Waals surface area contributed by atoms with Gasteiger partial charge in [0.15, 0.2) is 0 Å². The van der Waals surface area contributed by atoms with E-state index in [1.165, 1.54) is 35.3 Å². The second-order valence-corrected chi connectivity index (χ2v) is 6.05. The summed E-state index contributed by atoms with van der Waals surface area (Å²) in [6, 6.07) is 11.0. The van der Waals surface area contributed by atoms with Gasteiger partial charge >= 0.3 is 0 Å². The van der Waals surface area contributed by atoms with E-state index in [0.717, 1.165) is 5.02 Å². The smallest absolute Gasteiger partial charge is 0.0683 e. The molecule has 0 aliphatic carbocycles. The number of hydrogen-bond donors (Lipinski definition) is 1. The second-order valence-electron chi connectivity index (χ2n) is 4.70. The lowest BCUT2D eigenvalue weighted by Gasteiger charge is -2.16. The van der Waals surface area contributed by atoms with Gasteiger partial charge < -0.3 is 5.32 Å². The molecule has 1 nitrogen and oxygen atoms in total. The monoisotopic (exact) mass is 293 g/mol. The molecule has 0 saturated carbocycles. The molecule has 0 amide bonds. The van der Waals surface area contributed by atoms with Crippen molar-refractivity contribution in [3.05, 3.63) is 56.7 Å². The third-order valence-corrected chi connectivity index (χ3v) is 4.75. The van der Waals surface area contributed by atoms with Gasteiger partial charge in [-0.1, -0.05) is 49.2 Å². The first kappa shape index (κ1) is 14.6. The molecule has 0 radical (unpaired) electrons. The van der Waals surface area contributed by atoms with Gasteiger partial charge in [-0.2, -0.15) is 0 Å². The van der Waals surface area contributed by atoms with Crippen LogP contribution in [0.5, 0.6) is 0 Å². The average Bonchev–Trinajstić information content (AvgIpc) is 2.85. The minimum absolute atomic E-state index is 0.188. The molecule has 0 spiro atoms. The molecule has 1 unspecified atom stereocenters. The van der Waals surface area contributed by atoms with E-state index in [1.54, 1.807) is 11.3 Å². The number of hydrogen-bond acceptors (Lipinski definition) is 2. The summed E-state index contributed by atoms with van der Waals surface area (Å²) in [6.07, 6.45) is 3.66. The van der Waals surface area contributed by atoms with Crippen LogP contribution >= 0.6 is 22.9 Å². The van der Waals surface area contributed by atoms with Crippen molar-refractivity contribution in [3.63, 3.8) is 0 Å². The maximum Gasteiger partial charge on any atom is 0.0683 e. The highest BCUT2D eigenvalue weighted by Crippen LogP contribution is 2.32. The van der Waals surface area contributed by atoms with E-state index in [2.05, 4.69) is 36.5 Å². The lowest BCUT2D eigenvalue weighted by molar-refractivity contribution is 0.703. The van der Waals surface area contributed by atoms with Crippen molar-refractivity contribution in [1.82, 2.24) is 5.32 Å². The van der Waals surface area contributed by atoms with Crippen LogP contribution in [0.1, 0.15) is 41.8 Å². The van der Waals surface area contributed by atoms with E-state index in [9.17, 15) is 0 Å². The van der Waals surface area contributed by atoms with Crippen LogP contribution in [0.4, 0.5) is 0 Å². The molecule has 0 bridgehead atoms. The number of aryl methyl sites for hydroxylation is 1. The molecule has 0 aliphatic heterocycles. The third kappa shape index (κ3) is 3.59. The van der Waals surface area contributed by atoms with Crippen molar-refractivity contribution in [1.29, 1.82) is 0 Å². The molecule has 1 heterocycles. The Kier molecular flexibility index (Phi) is 5.44. The topological polar surface area (TPSA) is 12.0 Å². The predicted octanol–water partition coefficient (Wildman–Crippen LogP) is 5.05. The van der Waals surface area contributed by atoms with E-state index in [-0.39, 0.29) is 6.04 Å². The Labute approximate surface area is 124 Å². The van der Waals surface area contributed by atoms with Gasteiger partial charge in [-0.3, -0.25) is 0 Å². The Balaban J connectivity index is 2.18. The largest absolute Gasteiger partial charge is 0.309 e. The van der Waals surface area contributed by atoms with E-state index < -0.39 is 0 Å². The molecule has 1 N–H and O–H groups in total. The van der Waals surface area contributed by atoms with Gasteiger partial charge in [0.25, 0.3) is 0 Å². The van der Waals surface area contributed by atoms with Crippen molar-refractivity contribution < 1.29 is 0 Å². The Morgan fingerprint density at radius 3 is 2.47 bits per heavy atom. The summed E-state index contributed by atoms with van der Waals surface area (Å²) in [6.45, 7) is 2.23. The quantitative estimate of drug-likeness (QED) is 0.785. The zero-order chi connectivity index (χ0) is 13.7.